The van der Waals surface area contributed by atoms with E-state index in [0.29, 0.717) is 12.1 Å². The Labute approximate surface area is 161 Å². The van der Waals surface area contributed by atoms with E-state index in [1.54, 1.807) is 13.0 Å². The van der Waals surface area contributed by atoms with E-state index >= 15 is 0 Å². The molecule has 0 bridgehead atoms. The first-order valence-corrected chi connectivity index (χ1v) is 9.00. The van der Waals surface area contributed by atoms with Gasteiger partial charge in [0.1, 0.15) is 5.65 Å². The minimum absolute atomic E-state index is 0.103. The van der Waals surface area contributed by atoms with Gasteiger partial charge in [0.25, 0.3) is 11.5 Å². The summed E-state index contributed by atoms with van der Waals surface area (Å²) in [6.45, 7) is 7.55. The number of pyridine rings is 1. The molecule has 0 saturated heterocycles. The average Bonchev–Trinajstić information content (AvgIpc) is 2.85. The number of hydrogen-bond acceptors (Lipinski definition) is 5. The van der Waals surface area contributed by atoms with Crippen molar-refractivity contribution in [2.24, 2.45) is 14.1 Å². The molecule has 3 aromatic heterocycles. The number of fused-ring (bicyclic) bond motifs is 1. The first kappa shape index (κ1) is 19.5. The standard InChI is InChI=1S/C19H24N6O3/c1-9-8-14(15-16(20-9)24(5)19(28)22-18(15)27)17(26)21-10(2)7-13-11(3)23-25(6)12(13)4/h8,10H,7H2,1-6H3,(H,21,26)(H,22,27,28). The van der Waals surface area contributed by atoms with Gasteiger partial charge in [0.05, 0.1) is 16.6 Å². The van der Waals surface area contributed by atoms with Crippen molar-refractivity contribution in [1.29, 1.82) is 0 Å². The zero-order chi connectivity index (χ0) is 20.7. The third-order valence-corrected chi connectivity index (χ3v) is 4.99. The van der Waals surface area contributed by atoms with Crippen LogP contribution in [0.4, 0.5) is 0 Å². The van der Waals surface area contributed by atoms with Crippen molar-refractivity contribution in [2.75, 3.05) is 0 Å². The highest BCUT2D eigenvalue weighted by molar-refractivity contribution is 6.05. The number of nitrogens with one attached hydrogen (secondary N) is 2. The summed E-state index contributed by atoms with van der Waals surface area (Å²) in [7, 11) is 3.39. The first-order valence-electron chi connectivity index (χ1n) is 9.00. The van der Waals surface area contributed by atoms with E-state index in [1.807, 2.05) is 32.5 Å². The molecule has 1 amide bonds. The molecule has 3 rings (SSSR count). The summed E-state index contributed by atoms with van der Waals surface area (Å²) in [5.74, 6) is -0.383. The maximum atomic E-state index is 12.9. The van der Waals surface area contributed by atoms with Crippen LogP contribution in [-0.4, -0.2) is 36.3 Å². The van der Waals surface area contributed by atoms with Gasteiger partial charge in [-0.2, -0.15) is 5.10 Å². The highest BCUT2D eigenvalue weighted by Gasteiger charge is 2.20. The van der Waals surface area contributed by atoms with Crippen LogP contribution in [0, 0.1) is 20.8 Å². The molecule has 2 N–H and O–H groups in total. The van der Waals surface area contributed by atoms with E-state index in [1.165, 1.54) is 11.6 Å². The van der Waals surface area contributed by atoms with Gasteiger partial charge in [-0.3, -0.25) is 23.8 Å². The van der Waals surface area contributed by atoms with Crippen LogP contribution in [-0.2, 0) is 20.5 Å². The van der Waals surface area contributed by atoms with E-state index in [4.69, 9.17) is 0 Å². The Morgan fingerprint density at radius 1 is 1.25 bits per heavy atom. The van der Waals surface area contributed by atoms with E-state index in [9.17, 15) is 14.4 Å². The van der Waals surface area contributed by atoms with Gasteiger partial charge in [-0.1, -0.05) is 0 Å². The summed E-state index contributed by atoms with van der Waals surface area (Å²) in [6.07, 6.45) is 0.619. The molecule has 3 aromatic rings. The minimum atomic E-state index is -0.623. The van der Waals surface area contributed by atoms with Crippen molar-refractivity contribution >= 4 is 16.9 Å². The van der Waals surface area contributed by atoms with Crippen molar-refractivity contribution in [3.63, 3.8) is 0 Å². The monoisotopic (exact) mass is 384 g/mol. The maximum absolute atomic E-state index is 12.9. The Balaban J connectivity index is 1.97. The molecule has 0 aliphatic rings. The predicted molar refractivity (Wildman–Crippen MR) is 106 cm³/mol. The third kappa shape index (κ3) is 3.35. The summed E-state index contributed by atoms with van der Waals surface area (Å²) < 4.78 is 3.05. The molecule has 9 nitrogen and oxygen atoms in total. The van der Waals surface area contributed by atoms with Gasteiger partial charge in [0, 0.05) is 31.5 Å². The Hall–Kier alpha value is -3.23. The van der Waals surface area contributed by atoms with Gasteiger partial charge in [0.15, 0.2) is 0 Å². The second-order valence-electron chi connectivity index (χ2n) is 7.18. The van der Waals surface area contributed by atoms with E-state index in [2.05, 4.69) is 20.4 Å². The second-order valence-corrected chi connectivity index (χ2v) is 7.18. The predicted octanol–water partition coefficient (Wildman–Crippen LogP) is 0.642. The van der Waals surface area contributed by atoms with Crippen LogP contribution in [0.1, 0.15) is 39.9 Å². The molecule has 28 heavy (non-hydrogen) atoms. The molecule has 0 aromatic carbocycles. The van der Waals surface area contributed by atoms with Gasteiger partial charge >= 0.3 is 5.69 Å². The van der Waals surface area contributed by atoms with Crippen molar-refractivity contribution < 1.29 is 4.79 Å². The lowest BCUT2D eigenvalue weighted by Crippen LogP contribution is -2.36. The van der Waals surface area contributed by atoms with Crippen molar-refractivity contribution in [1.82, 2.24) is 29.6 Å². The first-order chi connectivity index (χ1) is 13.1. The molecule has 0 saturated carbocycles. The number of aryl methyl sites for hydroxylation is 4. The smallest absolute Gasteiger partial charge is 0.329 e. The van der Waals surface area contributed by atoms with Crippen LogP contribution in [0.2, 0.25) is 0 Å². The molecule has 3 heterocycles. The van der Waals surface area contributed by atoms with E-state index in [-0.39, 0.29) is 28.5 Å². The van der Waals surface area contributed by atoms with Gasteiger partial charge in [-0.05, 0) is 45.7 Å². The number of rotatable bonds is 4. The molecule has 1 unspecified atom stereocenters. The summed E-state index contributed by atoms with van der Waals surface area (Å²) in [5.41, 5.74) is 2.81. The lowest BCUT2D eigenvalue weighted by molar-refractivity contribution is 0.0941. The number of amides is 1. The molecule has 148 valence electrons. The number of carbonyl (C=O) groups excluding carboxylic acids is 1. The lowest BCUT2D eigenvalue weighted by atomic mass is 10.0. The van der Waals surface area contributed by atoms with E-state index < -0.39 is 11.2 Å². The number of carbonyl (C=O) groups is 1. The summed E-state index contributed by atoms with van der Waals surface area (Å²) in [6, 6.07) is 1.38. The van der Waals surface area contributed by atoms with Crippen molar-refractivity contribution in [3.05, 3.63) is 55.1 Å². The molecule has 1 atom stereocenters. The zero-order valence-electron chi connectivity index (χ0n) is 16.9. The second kappa shape index (κ2) is 7.06. The summed E-state index contributed by atoms with van der Waals surface area (Å²) >= 11 is 0. The third-order valence-electron chi connectivity index (χ3n) is 4.99. The fourth-order valence-electron chi connectivity index (χ4n) is 3.41. The van der Waals surface area contributed by atoms with Crippen LogP contribution in [0.25, 0.3) is 11.0 Å². The molecule has 0 aliphatic heterocycles. The Morgan fingerprint density at radius 2 is 1.93 bits per heavy atom. The van der Waals surface area contributed by atoms with Gasteiger partial charge in [-0.25, -0.2) is 9.78 Å². The Kier molecular flexibility index (Phi) is 4.93. The van der Waals surface area contributed by atoms with E-state index in [0.717, 1.165) is 17.0 Å². The van der Waals surface area contributed by atoms with Gasteiger partial charge in [-0.15, -0.1) is 0 Å². The summed E-state index contributed by atoms with van der Waals surface area (Å²) in [4.78, 5) is 43.6. The quantitative estimate of drug-likeness (QED) is 0.685. The SMILES string of the molecule is Cc1cc(C(=O)NC(C)Cc2c(C)nn(C)c2C)c2c(=O)[nH]c(=O)n(C)c2n1. The largest absolute Gasteiger partial charge is 0.349 e. The fourth-order valence-corrected chi connectivity index (χ4v) is 3.41. The highest BCUT2D eigenvalue weighted by Crippen LogP contribution is 2.16. The zero-order valence-corrected chi connectivity index (χ0v) is 16.9. The number of aromatic nitrogens is 5. The Morgan fingerprint density at radius 3 is 2.54 bits per heavy atom. The van der Waals surface area contributed by atoms with Gasteiger partial charge < -0.3 is 5.32 Å². The highest BCUT2D eigenvalue weighted by atomic mass is 16.2. The maximum Gasteiger partial charge on any atom is 0.329 e. The molecule has 9 heteroatoms. The van der Waals surface area contributed by atoms with Crippen molar-refractivity contribution in [3.8, 4) is 0 Å². The average molecular weight is 384 g/mol. The Bertz CT molecular complexity index is 1200. The van der Waals surface area contributed by atoms with Crippen LogP contribution in [0.3, 0.4) is 0 Å². The van der Waals surface area contributed by atoms with Crippen LogP contribution >= 0.6 is 0 Å². The molecule has 0 spiro atoms. The number of H-pyrrole nitrogens is 1. The van der Waals surface area contributed by atoms with Gasteiger partial charge in [0.2, 0.25) is 0 Å². The van der Waals surface area contributed by atoms with Crippen molar-refractivity contribution in [2.45, 2.75) is 40.2 Å². The van der Waals surface area contributed by atoms with Crippen LogP contribution in [0.15, 0.2) is 15.7 Å². The molecular formula is C19H24N6O3. The molecule has 0 radical (unpaired) electrons. The number of nitrogens with zero attached hydrogens (tertiary/aromatic N) is 4. The topological polar surface area (TPSA) is 115 Å². The molecule has 0 aliphatic carbocycles. The molecular weight excluding hydrogens is 360 g/mol. The lowest BCUT2D eigenvalue weighted by Gasteiger charge is -2.16. The normalized spacial score (nSPS) is 12.4. The molecule has 0 fully saturated rings. The number of hydrogen-bond donors (Lipinski definition) is 2. The minimum Gasteiger partial charge on any atom is -0.349 e. The van der Waals surface area contributed by atoms with Crippen LogP contribution in [0.5, 0.6) is 0 Å². The number of aromatic amines is 1. The summed E-state index contributed by atoms with van der Waals surface area (Å²) in [5, 5.41) is 7.45. The fraction of sp³-hybridized carbons (Fsp3) is 0.421. The van der Waals surface area contributed by atoms with Crippen LogP contribution < -0.4 is 16.6 Å².